The zero-order valence-electron chi connectivity index (χ0n) is 17.1. The van der Waals surface area contributed by atoms with E-state index in [-0.39, 0.29) is 23.3 Å². The molecule has 0 bridgehead atoms. The van der Waals surface area contributed by atoms with Crippen molar-refractivity contribution in [1.29, 1.82) is 0 Å². The minimum Gasteiger partial charge on any atom is -0.506 e. The molecule has 6 nitrogen and oxygen atoms in total. The van der Waals surface area contributed by atoms with Crippen molar-refractivity contribution in [1.82, 2.24) is 0 Å². The van der Waals surface area contributed by atoms with Gasteiger partial charge in [-0.15, -0.1) is 0 Å². The summed E-state index contributed by atoms with van der Waals surface area (Å²) < 4.78 is 0. The monoisotopic (exact) mass is 404 g/mol. The second kappa shape index (κ2) is 8.29. The number of aromatic hydroxyl groups is 2. The first kappa shape index (κ1) is 20.9. The van der Waals surface area contributed by atoms with Gasteiger partial charge < -0.3 is 20.8 Å². The molecule has 0 spiro atoms. The van der Waals surface area contributed by atoms with Crippen LogP contribution in [0.4, 0.5) is 11.4 Å². The lowest BCUT2D eigenvalue weighted by Gasteiger charge is -2.27. The zero-order chi connectivity index (χ0) is 21.9. The molecule has 0 saturated heterocycles. The van der Waals surface area contributed by atoms with Gasteiger partial charge >= 0.3 is 0 Å². The van der Waals surface area contributed by atoms with E-state index in [9.17, 15) is 19.8 Å². The van der Waals surface area contributed by atoms with Gasteiger partial charge in [0.25, 0.3) is 5.91 Å². The van der Waals surface area contributed by atoms with Crippen molar-refractivity contribution in [2.45, 2.75) is 26.2 Å². The van der Waals surface area contributed by atoms with Crippen molar-refractivity contribution < 1.29 is 19.8 Å². The van der Waals surface area contributed by atoms with Crippen LogP contribution in [-0.4, -0.2) is 22.0 Å². The number of hydrogen-bond acceptors (Lipinski definition) is 4. The Morgan fingerprint density at radius 2 is 1.27 bits per heavy atom. The topological polar surface area (TPSA) is 98.7 Å². The summed E-state index contributed by atoms with van der Waals surface area (Å²) in [5.41, 5.74) is 2.25. The Morgan fingerprint density at radius 1 is 0.767 bits per heavy atom. The van der Waals surface area contributed by atoms with Gasteiger partial charge in [-0.3, -0.25) is 9.59 Å². The van der Waals surface area contributed by atoms with Crippen LogP contribution in [0.1, 0.15) is 42.3 Å². The van der Waals surface area contributed by atoms with E-state index < -0.39 is 5.41 Å². The fourth-order valence-electron chi connectivity index (χ4n) is 3.19. The van der Waals surface area contributed by atoms with E-state index in [0.717, 1.165) is 11.1 Å². The van der Waals surface area contributed by atoms with E-state index >= 15 is 0 Å². The average Bonchev–Trinajstić information content (AvgIpc) is 2.71. The molecule has 0 aliphatic rings. The molecule has 3 aromatic carbocycles. The molecular formula is C24H24N2O4. The molecule has 3 aromatic rings. The van der Waals surface area contributed by atoms with Crippen molar-refractivity contribution in [3.8, 4) is 11.5 Å². The molecular weight excluding hydrogens is 380 g/mol. The normalized spacial score (nSPS) is 11.0. The summed E-state index contributed by atoms with van der Waals surface area (Å²) in [5, 5.41) is 25.6. The number of phenols is 2. The van der Waals surface area contributed by atoms with Gasteiger partial charge in [-0.05, 0) is 47.5 Å². The number of rotatable bonds is 5. The molecule has 0 heterocycles. The van der Waals surface area contributed by atoms with Crippen LogP contribution in [0.2, 0.25) is 0 Å². The van der Waals surface area contributed by atoms with Gasteiger partial charge in [-0.25, -0.2) is 0 Å². The molecule has 0 unspecified atom stereocenters. The van der Waals surface area contributed by atoms with E-state index in [4.69, 9.17) is 0 Å². The first-order chi connectivity index (χ1) is 14.2. The summed E-state index contributed by atoms with van der Waals surface area (Å²) in [7, 11) is 0. The van der Waals surface area contributed by atoms with Gasteiger partial charge in [0.15, 0.2) is 0 Å². The van der Waals surface area contributed by atoms with Crippen LogP contribution in [0.3, 0.4) is 0 Å². The third-order valence-electron chi connectivity index (χ3n) is 5.03. The summed E-state index contributed by atoms with van der Waals surface area (Å²) in [5.74, 6) is -0.663. The molecule has 0 saturated carbocycles. The Labute approximate surface area is 175 Å². The number of phenolic OH excluding ortho intramolecular Hbond substituents is 2. The minimum atomic E-state index is -0.541. The molecule has 6 heteroatoms. The van der Waals surface area contributed by atoms with Gasteiger partial charge in [-0.1, -0.05) is 44.2 Å². The quantitative estimate of drug-likeness (QED) is 0.466. The lowest BCUT2D eigenvalue weighted by molar-refractivity contribution is -0.114. The highest BCUT2D eigenvalue weighted by Crippen LogP contribution is 2.38. The van der Waals surface area contributed by atoms with Crippen LogP contribution in [0.5, 0.6) is 11.5 Å². The SMILES string of the molecule is CC(=O)Nc1cc(C(C)(C)c2ccc(O)c(NC(=O)c3ccccc3)c2)ccc1O. The smallest absolute Gasteiger partial charge is 0.255 e. The predicted molar refractivity (Wildman–Crippen MR) is 117 cm³/mol. The molecule has 154 valence electrons. The van der Waals surface area contributed by atoms with Crippen LogP contribution in [0.25, 0.3) is 0 Å². The van der Waals surface area contributed by atoms with Gasteiger partial charge in [-0.2, -0.15) is 0 Å². The Hall–Kier alpha value is -3.80. The molecule has 0 atom stereocenters. The van der Waals surface area contributed by atoms with E-state index in [0.29, 0.717) is 16.9 Å². The number of amides is 2. The van der Waals surface area contributed by atoms with Gasteiger partial charge in [0.2, 0.25) is 5.91 Å². The first-order valence-corrected chi connectivity index (χ1v) is 9.49. The lowest BCUT2D eigenvalue weighted by atomic mass is 9.77. The molecule has 2 amide bonds. The van der Waals surface area contributed by atoms with Crippen LogP contribution in [-0.2, 0) is 10.2 Å². The van der Waals surface area contributed by atoms with Gasteiger partial charge in [0.05, 0.1) is 11.4 Å². The molecule has 3 rings (SSSR count). The van der Waals surface area contributed by atoms with Gasteiger partial charge in [0, 0.05) is 17.9 Å². The zero-order valence-corrected chi connectivity index (χ0v) is 17.1. The Morgan fingerprint density at radius 3 is 1.77 bits per heavy atom. The summed E-state index contributed by atoms with van der Waals surface area (Å²) in [6, 6.07) is 18.8. The van der Waals surface area contributed by atoms with E-state index in [1.165, 1.54) is 19.1 Å². The average molecular weight is 404 g/mol. The standard InChI is InChI=1S/C24H24N2O4/c1-15(27)25-19-13-17(9-11-21(19)28)24(2,3)18-10-12-22(29)20(14-18)26-23(30)16-7-5-4-6-8-16/h4-14,28-29H,1-3H3,(H,25,27)(H,26,30). The highest BCUT2D eigenvalue weighted by atomic mass is 16.3. The molecule has 0 aromatic heterocycles. The predicted octanol–water partition coefficient (Wildman–Crippen LogP) is 4.63. The Balaban J connectivity index is 1.94. The second-order valence-electron chi connectivity index (χ2n) is 7.59. The fourth-order valence-corrected chi connectivity index (χ4v) is 3.19. The molecule has 0 fully saturated rings. The largest absolute Gasteiger partial charge is 0.506 e. The molecule has 0 aliphatic carbocycles. The molecule has 30 heavy (non-hydrogen) atoms. The van der Waals surface area contributed by atoms with E-state index in [1.54, 1.807) is 48.5 Å². The maximum absolute atomic E-state index is 12.5. The second-order valence-corrected chi connectivity index (χ2v) is 7.59. The van der Waals surface area contributed by atoms with Crippen LogP contribution >= 0.6 is 0 Å². The number of carbonyl (C=O) groups excluding carboxylic acids is 2. The number of carbonyl (C=O) groups is 2. The van der Waals surface area contributed by atoms with E-state index in [2.05, 4.69) is 10.6 Å². The van der Waals surface area contributed by atoms with Gasteiger partial charge in [0.1, 0.15) is 11.5 Å². The Bertz CT molecular complexity index is 1090. The number of benzene rings is 3. The van der Waals surface area contributed by atoms with Crippen molar-refractivity contribution in [2.75, 3.05) is 10.6 Å². The van der Waals surface area contributed by atoms with Crippen molar-refractivity contribution in [2.24, 2.45) is 0 Å². The number of nitrogens with one attached hydrogen (secondary N) is 2. The van der Waals surface area contributed by atoms with Crippen LogP contribution < -0.4 is 10.6 Å². The minimum absolute atomic E-state index is 0.0220. The maximum atomic E-state index is 12.5. The highest BCUT2D eigenvalue weighted by Gasteiger charge is 2.25. The number of hydrogen-bond donors (Lipinski definition) is 4. The van der Waals surface area contributed by atoms with E-state index in [1.807, 2.05) is 19.9 Å². The van der Waals surface area contributed by atoms with Crippen LogP contribution in [0.15, 0.2) is 66.7 Å². The fraction of sp³-hybridized carbons (Fsp3) is 0.167. The first-order valence-electron chi connectivity index (χ1n) is 9.49. The molecule has 4 N–H and O–H groups in total. The Kier molecular flexibility index (Phi) is 5.78. The lowest BCUT2D eigenvalue weighted by Crippen LogP contribution is -2.20. The summed E-state index contributed by atoms with van der Waals surface area (Å²) in [4.78, 5) is 23.9. The van der Waals surface area contributed by atoms with Crippen molar-refractivity contribution >= 4 is 23.2 Å². The maximum Gasteiger partial charge on any atom is 0.255 e. The van der Waals surface area contributed by atoms with Crippen molar-refractivity contribution in [3.05, 3.63) is 83.4 Å². The summed E-state index contributed by atoms with van der Waals surface area (Å²) in [6.07, 6.45) is 0. The van der Waals surface area contributed by atoms with Crippen molar-refractivity contribution in [3.63, 3.8) is 0 Å². The van der Waals surface area contributed by atoms with Crippen LogP contribution in [0, 0.1) is 0 Å². The summed E-state index contributed by atoms with van der Waals surface area (Å²) in [6.45, 7) is 5.33. The highest BCUT2D eigenvalue weighted by molar-refractivity contribution is 6.05. The molecule has 0 radical (unpaired) electrons. The number of anilines is 2. The third kappa shape index (κ3) is 4.43. The molecule has 0 aliphatic heterocycles. The summed E-state index contributed by atoms with van der Waals surface area (Å²) >= 11 is 0. The third-order valence-corrected chi connectivity index (χ3v) is 5.03.